The van der Waals surface area contributed by atoms with Gasteiger partial charge in [0.15, 0.2) is 0 Å². The zero-order valence-electron chi connectivity index (χ0n) is 20.1. The number of rotatable bonds is 11. The van der Waals surface area contributed by atoms with Crippen molar-refractivity contribution in [2.45, 2.75) is 53.1 Å². The Kier molecular flexibility index (Phi) is 8.72. The molecule has 3 N–H and O–H groups in total. The van der Waals surface area contributed by atoms with Gasteiger partial charge >= 0.3 is 0 Å². The Hall–Kier alpha value is -3.30. The highest BCUT2D eigenvalue weighted by molar-refractivity contribution is 5.76. The van der Waals surface area contributed by atoms with Gasteiger partial charge in [-0.05, 0) is 62.1 Å². The highest BCUT2D eigenvalue weighted by atomic mass is 16.5. The predicted octanol–water partition coefficient (Wildman–Crippen LogP) is 2.78. The molecule has 2 heterocycles. The lowest BCUT2D eigenvalue weighted by molar-refractivity contribution is -0.124. The van der Waals surface area contributed by atoms with Gasteiger partial charge in [-0.3, -0.25) is 9.78 Å². The van der Waals surface area contributed by atoms with Crippen LogP contribution in [0.15, 0.2) is 28.8 Å². The van der Waals surface area contributed by atoms with Gasteiger partial charge in [-0.15, -0.1) is 0 Å². The first-order chi connectivity index (χ1) is 16.3. The number of carbonyl (C=O) groups excluding carboxylic acids is 1. The molecule has 0 aliphatic carbocycles. The third kappa shape index (κ3) is 6.39. The first-order valence-electron chi connectivity index (χ1n) is 11.5. The molecule has 0 bridgehead atoms. The molecule has 9 heteroatoms. The summed E-state index contributed by atoms with van der Waals surface area (Å²) in [7, 11) is 0. The summed E-state index contributed by atoms with van der Waals surface area (Å²) in [6.07, 6.45) is 1.59. The molecule has 3 aromatic rings. The molecule has 1 amide bonds. The van der Waals surface area contributed by atoms with Crippen molar-refractivity contribution in [3.63, 3.8) is 0 Å². The predicted molar refractivity (Wildman–Crippen MR) is 127 cm³/mol. The molecule has 0 saturated heterocycles. The fourth-order valence-corrected chi connectivity index (χ4v) is 3.66. The largest absolute Gasteiger partial charge is 0.490 e. The highest BCUT2D eigenvalue weighted by Crippen LogP contribution is 2.32. The van der Waals surface area contributed by atoms with E-state index in [1.54, 1.807) is 0 Å². The number of nitrogens with zero attached hydrogens (tertiary/aromatic N) is 3. The number of aryl methyl sites for hydroxylation is 4. The van der Waals surface area contributed by atoms with E-state index in [4.69, 9.17) is 14.4 Å². The summed E-state index contributed by atoms with van der Waals surface area (Å²) in [5, 5.41) is 25.5. The van der Waals surface area contributed by atoms with Crippen LogP contribution >= 0.6 is 0 Å². The van der Waals surface area contributed by atoms with Gasteiger partial charge < -0.3 is 24.8 Å². The minimum atomic E-state index is -0.902. The molecule has 1 aromatic carbocycles. The van der Waals surface area contributed by atoms with Crippen LogP contribution in [0.4, 0.5) is 0 Å². The van der Waals surface area contributed by atoms with Crippen LogP contribution in [-0.4, -0.2) is 57.1 Å². The maximum atomic E-state index is 11.2. The van der Waals surface area contributed by atoms with Gasteiger partial charge in [0.05, 0.1) is 0 Å². The minimum absolute atomic E-state index is 0.000498. The van der Waals surface area contributed by atoms with E-state index in [9.17, 15) is 9.90 Å². The number of amides is 1. The molecule has 0 aliphatic rings. The summed E-state index contributed by atoms with van der Waals surface area (Å²) in [6, 6.07) is 7.80. The summed E-state index contributed by atoms with van der Waals surface area (Å²) in [5.74, 6) is 1.08. The molecule has 9 nitrogen and oxygen atoms in total. The van der Waals surface area contributed by atoms with Gasteiger partial charge in [-0.25, -0.2) is 0 Å². The van der Waals surface area contributed by atoms with Crippen LogP contribution in [0.25, 0.3) is 22.8 Å². The molecule has 0 spiro atoms. The number of aliphatic hydroxyl groups excluding tert-OH is 2. The maximum absolute atomic E-state index is 11.2. The smallest absolute Gasteiger partial charge is 0.258 e. The molecular weight excluding hydrogens is 436 g/mol. The average molecular weight is 469 g/mol. The summed E-state index contributed by atoms with van der Waals surface area (Å²) in [5.41, 5.74) is 5.39. The molecule has 182 valence electrons. The second kappa shape index (κ2) is 11.7. The van der Waals surface area contributed by atoms with Crippen LogP contribution in [0.5, 0.6) is 5.75 Å². The zero-order chi connectivity index (χ0) is 24.7. The molecule has 3 rings (SSSR count). The Balaban J connectivity index is 1.82. The van der Waals surface area contributed by atoms with Crippen molar-refractivity contribution in [1.29, 1.82) is 0 Å². The number of nitrogens with one attached hydrogen (secondary N) is 1. The first-order valence-corrected chi connectivity index (χ1v) is 11.5. The van der Waals surface area contributed by atoms with Crippen LogP contribution in [-0.2, 0) is 17.6 Å². The number of hydrogen-bond donors (Lipinski definition) is 3. The Morgan fingerprint density at radius 2 is 1.94 bits per heavy atom. The fourth-order valence-electron chi connectivity index (χ4n) is 3.66. The fraction of sp³-hybridized carbons (Fsp3) is 0.440. The third-order valence-corrected chi connectivity index (χ3v) is 5.27. The molecule has 2 aromatic heterocycles. The monoisotopic (exact) mass is 468 g/mol. The zero-order valence-corrected chi connectivity index (χ0v) is 20.1. The molecule has 0 unspecified atom stereocenters. The summed E-state index contributed by atoms with van der Waals surface area (Å²) in [4.78, 5) is 20.3. The molecule has 0 aliphatic heterocycles. The van der Waals surface area contributed by atoms with E-state index < -0.39 is 18.6 Å². The van der Waals surface area contributed by atoms with Crippen LogP contribution in [0, 0.1) is 13.8 Å². The Bertz CT molecular complexity index is 1130. The quantitative estimate of drug-likeness (QED) is 0.392. The van der Waals surface area contributed by atoms with Gasteiger partial charge in [-0.1, -0.05) is 25.4 Å². The van der Waals surface area contributed by atoms with E-state index in [-0.39, 0.29) is 13.2 Å². The Morgan fingerprint density at radius 1 is 1.15 bits per heavy atom. The van der Waals surface area contributed by atoms with Gasteiger partial charge in [0.1, 0.15) is 25.1 Å². The molecule has 0 fully saturated rings. The van der Waals surface area contributed by atoms with Crippen LogP contribution < -0.4 is 10.1 Å². The molecule has 0 saturated carbocycles. The van der Waals surface area contributed by atoms with Gasteiger partial charge in [0.2, 0.25) is 11.7 Å². The van der Waals surface area contributed by atoms with Crippen molar-refractivity contribution in [2.75, 3.05) is 19.8 Å². The van der Waals surface area contributed by atoms with Gasteiger partial charge in [0, 0.05) is 29.1 Å². The van der Waals surface area contributed by atoms with Gasteiger partial charge in [0.25, 0.3) is 5.89 Å². The lowest BCUT2D eigenvalue weighted by Crippen LogP contribution is -2.36. The van der Waals surface area contributed by atoms with Crippen LogP contribution in [0.2, 0.25) is 0 Å². The summed E-state index contributed by atoms with van der Waals surface area (Å²) < 4.78 is 11.5. The number of carbonyl (C=O) groups is 1. The number of aromatic nitrogens is 3. The Morgan fingerprint density at radius 3 is 2.65 bits per heavy atom. The topological polar surface area (TPSA) is 131 Å². The van der Waals surface area contributed by atoms with Crippen molar-refractivity contribution in [3.8, 4) is 28.6 Å². The number of hydrogen-bond acceptors (Lipinski definition) is 8. The normalized spacial score (nSPS) is 11.9. The first kappa shape index (κ1) is 25.3. The summed E-state index contributed by atoms with van der Waals surface area (Å²) in [6.45, 7) is 7.39. The van der Waals surface area contributed by atoms with Crippen LogP contribution in [0.3, 0.4) is 0 Å². The minimum Gasteiger partial charge on any atom is -0.490 e. The van der Waals surface area contributed by atoms with E-state index >= 15 is 0 Å². The van der Waals surface area contributed by atoms with Crippen molar-refractivity contribution < 1.29 is 24.3 Å². The van der Waals surface area contributed by atoms with Crippen molar-refractivity contribution in [2.24, 2.45) is 0 Å². The van der Waals surface area contributed by atoms with E-state index in [0.29, 0.717) is 17.5 Å². The third-order valence-electron chi connectivity index (χ3n) is 5.27. The molecule has 0 radical (unpaired) electrons. The summed E-state index contributed by atoms with van der Waals surface area (Å²) >= 11 is 0. The number of ether oxygens (including phenoxy) is 1. The van der Waals surface area contributed by atoms with Crippen molar-refractivity contribution in [3.05, 3.63) is 46.8 Å². The second-order valence-electron chi connectivity index (χ2n) is 8.22. The lowest BCUT2D eigenvalue weighted by atomic mass is 10.0. The average Bonchev–Trinajstić information content (AvgIpc) is 3.32. The van der Waals surface area contributed by atoms with E-state index in [0.717, 1.165) is 52.9 Å². The van der Waals surface area contributed by atoms with Crippen LogP contribution in [0.1, 0.15) is 42.8 Å². The van der Waals surface area contributed by atoms with Gasteiger partial charge in [-0.2, -0.15) is 4.98 Å². The molecule has 1 atom stereocenters. The van der Waals surface area contributed by atoms with E-state index in [2.05, 4.69) is 34.3 Å². The lowest BCUT2D eigenvalue weighted by Gasteiger charge is -2.18. The number of aliphatic hydroxyl groups is 2. The maximum Gasteiger partial charge on any atom is 0.258 e. The van der Waals surface area contributed by atoms with Crippen molar-refractivity contribution in [1.82, 2.24) is 20.4 Å². The number of pyridine rings is 1. The van der Waals surface area contributed by atoms with Crippen molar-refractivity contribution >= 4 is 5.91 Å². The SMILES string of the molecule is CCCc1cc(-c2noc(-c3cc(C)nc(CC)c3)n2)cc(C)c1OC[C@H](O)CNC(=O)CO. The molecular formula is C25H32N4O5. The van der Waals surface area contributed by atoms with E-state index in [1.807, 2.05) is 38.1 Å². The second-order valence-corrected chi connectivity index (χ2v) is 8.22. The standard InChI is InChI=1S/C25H32N4O5/c1-5-7-17-10-18(8-15(3)23(17)33-14-21(31)12-26-22(32)13-30)24-28-25(34-29-24)19-9-16(4)27-20(6-2)11-19/h8-11,21,30-31H,5-7,12-14H2,1-4H3,(H,26,32)/t21-/m1/s1. The number of benzene rings is 1. The highest BCUT2D eigenvalue weighted by Gasteiger charge is 2.17. The Labute approximate surface area is 199 Å². The molecule has 34 heavy (non-hydrogen) atoms. The van der Waals surface area contributed by atoms with E-state index in [1.165, 1.54) is 0 Å².